The topological polar surface area (TPSA) is 27.7 Å². The third-order valence-electron chi connectivity index (χ3n) is 3.02. The molecule has 0 aromatic carbocycles. The normalized spacial score (nSPS) is 12.2. The molecule has 1 atom stereocenters. The van der Waals surface area contributed by atoms with Gasteiger partial charge in [0.05, 0.1) is 13.2 Å². The second-order valence-electron chi connectivity index (χ2n) is 4.65. The zero-order chi connectivity index (χ0) is 13.5. The summed E-state index contributed by atoms with van der Waals surface area (Å²) in [5, 5.41) is 0. The Labute approximate surface area is 131 Å². The Morgan fingerprint density at radius 1 is 1.00 bits per heavy atom. The Morgan fingerprint density at radius 3 is 2.32 bits per heavy atom. The smallest absolute Gasteiger partial charge is 0.382 e. The monoisotopic (exact) mass is 266 g/mol. The van der Waals surface area contributed by atoms with Crippen molar-refractivity contribution in [1.29, 1.82) is 0 Å². The molecular formula is C15H31LiO3. The van der Waals surface area contributed by atoms with Gasteiger partial charge in [0.15, 0.2) is 0 Å². The number of methoxy groups -OCH3 is 1. The van der Waals surface area contributed by atoms with Crippen LogP contribution in [-0.4, -0.2) is 33.2 Å². The number of unbranched alkanes of at least 4 members (excludes halogenated alkanes) is 5. The van der Waals surface area contributed by atoms with Crippen LogP contribution in [0.3, 0.4) is 0 Å². The predicted octanol–water partition coefficient (Wildman–Crippen LogP) is 0.971. The van der Waals surface area contributed by atoms with Gasteiger partial charge >= 0.3 is 18.9 Å². The maximum atomic E-state index is 5.63. The minimum atomic E-state index is 0. The van der Waals surface area contributed by atoms with Crippen LogP contribution in [0.4, 0.5) is 0 Å². The summed E-state index contributed by atoms with van der Waals surface area (Å²) in [5.41, 5.74) is 0. The van der Waals surface area contributed by atoms with E-state index in [-0.39, 0.29) is 25.0 Å². The van der Waals surface area contributed by atoms with Gasteiger partial charge in [-0.25, -0.2) is 0 Å². The molecule has 0 rings (SSSR count). The molecule has 0 saturated heterocycles. The average Bonchev–Trinajstić information content (AvgIpc) is 2.40. The summed E-state index contributed by atoms with van der Waals surface area (Å²) in [4.78, 5) is 0. The van der Waals surface area contributed by atoms with E-state index in [1.807, 2.05) is 0 Å². The maximum Gasteiger partial charge on any atom is 1.00 e. The van der Waals surface area contributed by atoms with E-state index < -0.39 is 0 Å². The third-order valence-corrected chi connectivity index (χ3v) is 3.02. The van der Waals surface area contributed by atoms with Crippen LogP contribution in [-0.2, 0) is 14.2 Å². The molecule has 110 valence electrons. The summed E-state index contributed by atoms with van der Waals surface area (Å²) in [6, 6.07) is 0. The van der Waals surface area contributed by atoms with Crippen molar-refractivity contribution >= 4 is 0 Å². The summed E-state index contributed by atoms with van der Waals surface area (Å²) < 4.78 is 15.8. The van der Waals surface area contributed by atoms with Crippen LogP contribution >= 0.6 is 0 Å². The Hall–Kier alpha value is 0.477. The zero-order valence-corrected chi connectivity index (χ0v) is 13.3. The number of ether oxygens (including phenoxy) is 3. The number of hydrogen-bond acceptors (Lipinski definition) is 3. The summed E-state index contributed by atoms with van der Waals surface area (Å²) in [5.74, 6) is 0. The van der Waals surface area contributed by atoms with E-state index in [9.17, 15) is 0 Å². The van der Waals surface area contributed by atoms with E-state index in [0.29, 0.717) is 20.0 Å². The second kappa shape index (κ2) is 18.5. The maximum absolute atomic E-state index is 5.63. The largest absolute Gasteiger partial charge is 1.00 e. The van der Waals surface area contributed by atoms with Gasteiger partial charge in [-0.2, -0.15) is 6.42 Å². The molecule has 19 heavy (non-hydrogen) atoms. The predicted molar refractivity (Wildman–Crippen MR) is 75.5 cm³/mol. The Morgan fingerprint density at radius 2 is 1.68 bits per heavy atom. The van der Waals surface area contributed by atoms with E-state index in [1.54, 1.807) is 7.11 Å². The van der Waals surface area contributed by atoms with Gasteiger partial charge in [-0.3, -0.25) is 0 Å². The van der Waals surface area contributed by atoms with E-state index in [1.165, 1.54) is 38.5 Å². The van der Waals surface area contributed by atoms with E-state index in [4.69, 9.17) is 14.2 Å². The molecule has 0 aromatic rings. The number of hydrogen-bond donors (Lipinski definition) is 0. The quantitative estimate of drug-likeness (QED) is 0.203. The van der Waals surface area contributed by atoms with Crippen LogP contribution in [0.2, 0.25) is 0 Å². The molecule has 0 N–H and O–H groups in total. The summed E-state index contributed by atoms with van der Waals surface area (Å²) >= 11 is 0. The van der Waals surface area contributed by atoms with Gasteiger partial charge in [0.2, 0.25) is 0 Å². The van der Waals surface area contributed by atoms with Gasteiger partial charge in [-0.15, -0.1) is 0 Å². The van der Waals surface area contributed by atoms with Crippen molar-refractivity contribution in [1.82, 2.24) is 0 Å². The molecule has 0 aromatic heterocycles. The first-order valence-corrected chi connectivity index (χ1v) is 7.32. The molecule has 0 heterocycles. The molecule has 0 spiro atoms. The molecule has 0 radical (unpaired) electrons. The van der Waals surface area contributed by atoms with Gasteiger partial charge in [-0.05, 0) is 6.42 Å². The van der Waals surface area contributed by atoms with Crippen LogP contribution in [0.1, 0.15) is 58.3 Å². The minimum Gasteiger partial charge on any atom is -0.382 e. The van der Waals surface area contributed by atoms with Crippen LogP contribution in [0.25, 0.3) is 0 Å². The van der Waals surface area contributed by atoms with Gasteiger partial charge in [0.25, 0.3) is 0 Å². The zero-order valence-electron chi connectivity index (χ0n) is 13.3. The molecule has 0 aliphatic rings. The third kappa shape index (κ3) is 16.4. The van der Waals surface area contributed by atoms with Crippen molar-refractivity contribution in [3.8, 4) is 0 Å². The first kappa shape index (κ1) is 21.8. The molecule has 3 nitrogen and oxygen atoms in total. The molecule has 4 heteroatoms. The summed E-state index contributed by atoms with van der Waals surface area (Å²) in [7, 11) is 1.67. The summed E-state index contributed by atoms with van der Waals surface area (Å²) in [6.45, 7) is 7.75. The van der Waals surface area contributed by atoms with Crippen molar-refractivity contribution in [2.24, 2.45) is 0 Å². The van der Waals surface area contributed by atoms with Gasteiger partial charge in [0.1, 0.15) is 6.79 Å². The first-order chi connectivity index (χ1) is 8.85. The van der Waals surface area contributed by atoms with Crippen molar-refractivity contribution in [2.75, 3.05) is 27.1 Å². The van der Waals surface area contributed by atoms with Crippen LogP contribution in [0.15, 0.2) is 0 Å². The van der Waals surface area contributed by atoms with Gasteiger partial charge < -0.3 is 21.1 Å². The van der Waals surface area contributed by atoms with Crippen LogP contribution in [0.5, 0.6) is 0 Å². The Balaban J connectivity index is 0. The molecule has 0 aliphatic heterocycles. The van der Waals surface area contributed by atoms with Crippen LogP contribution < -0.4 is 18.9 Å². The van der Waals surface area contributed by atoms with E-state index in [0.717, 1.165) is 12.8 Å². The molecule has 0 aliphatic carbocycles. The van der Waals surface area contributed by atoms with Gasteiger partial charge in [-0.1, -0.05) is 45.4 Å². The van der Waals surface area contributed by atoms with Crippen molar-refractivity contribution in [3.63, 3.8) is 0 Å². The van der Waals surface area contributed by atoms with Crippen molar-refractivity contribution < 1.29 is 33.1 Å². The number of rotatable bonds is 14. The standard InChI is InChI=1S/C15H31O3.Li/c1-4-6-7-8-9-10-11-15(5-2)18-14-17-13-12-16-3;/h15H,2,4-14H2,1,3H3;/q-1;+1/t15-;/m1./s1. The van der Waals surface area contributed by atoms with E-state index in [2.05, 4.69) is 13.8 Å². The fraction of sp³-hybridized carbons (Fsp3) is 0.933. The molecular weight excluding hydrogens is 235 g/mol. The van der Waals surface area contributed by atoms with Crippen LogP contribution in [0, 0.1) is 6.92 Å². The van der Waals surface area contributed by atoms with E-state index >= 15 is 0 Å². The van der Waals surface area contributed by atoms with Crippen molar-refractivity contribution in [2.45, 2.75) is 64.4 Å². The Bertz CT molecular complexity index is 156. The Kier molecular flexibility index (Phi) is 21.2. The average molecular weight is 266 g/mol. The first-order valence-electron chi connectivity index (χ1n) is 7.32. The SMILES string of the molecule is [CH2-]C[C@H](CCCCCCCC)OCOCCOC.[Li+]. The summed E-state index contributed by atoms with van der Waals surface area (Å²) in [6.07, 6.45) is 10.1. The van der Waals surface area contributed by atoms with Gasteiger partial charge in [0, 0.05) is 13.2 Å². The molecule has 0 saturated carbocycles. The molecule has 0 unspecified atom stereocenters. The minimum absolute atomic E-state index is 0. The fourth-order valence-electron chi connectivity index (χ4n) is 1.81. The fourth-order valence-corrected chi connectivity index (χ4v) is 1.81. The molecule has 0 amide bonds. The molecule has 0 bridgehead atoms. The molecule has 0 fully saturated rings. The van der Waals surface area contributed by atoms with Crippen molar-refractivity contribution in [3.05, 3.63) is 6.92 Å². The second-order valence-corrected chi connectivity index (χ2v) is 4.65.